The summed E-state index contributed by atoms with van der Waals surface area (Å²) in [5.74, 6) is 1.53. The number of likely N-dealkylation sites (tertiary alicyclic amines) is 1. The van der Waals surface area contributed by atoms with Crippen LogP contribution in [0.25, 0.3) is 44.1 Å². The molecule has 43 heavy (non-hydrogen) atoms. The van der Waals surface area contributed by atoms with Crippen LogP contribution in [0.1, 0.15) is 0 Å². The molecule has 3 aliphatic heterocycles. The van der Waals surface area contributed by atoms with E-state index in [1.165, 1.54) is 0 Å². The summed E-state index contributed by atoms with van der Waals surface area (Å²) in [6, 6.07) is 25.2. The summed E-state index contributed by atoms with van der Waals surface area (Å²) in [6.07, 6.45) is 3.16. The van der Waals surface area contributed by atoms with Gasteiger partial charge in [-0.1, -0.05) is 24.3 Å². The molecule has 0 bridgehead atoms. The number of benzene rings is 4. The molecule has 0 saturated carbocycles. The molecule has 1 spiro atoms. The van der Waals surface area contributed by atoms with E-state index in [9.17, 15) is 5.11 Å². The first-order valence-corrected chi connectivity index (χ1v) is 14.7. The van der Waals surface area contributed by atoms with Crippen LogP contribution in [0.3, 0.4) is 0 Å². The lowest BCUT2D eigenvalue weighted by molar-refractivity contribution is -0.192. The molecular formula is C34H30N6O3. The van der Waals surface area contributed by atoms with Crippen LogP contribution >= 0.6 is 0 Å². The fraction of sp³-hybridized carbons (Fsp3) is 0.235. The van der Waals surface area contributed by atoms with Crippen LogP contribution in [0.4, 0.5) is 11.4 Å². The predicted molar refractivity (Wildman–Crippen MR) is 166 cm³/mol. The third-order valence-electron chi connectivity index (χ3n) is 9.06. The van der Waals surface area contributed by atoms with Gasteiger partial charge in [0, 0.05) is 35.8 Å². The molecule has 4 aromatic carbocycles. The number of aromatic amines is 2. The fourth-order valence-corrected chi connectivity index (χ4v) is 6.86. The van der Waals surface area contributed by atoms with Crippen molar-refractivity contribution in [3.63, 3.8) is 0 Å². The Morgan fingerprint density at radius 1 is 0.721 bits per heavy atom. The van der Waals surface area contributed by atoms with Gasteiger partial charge in [0.25, 0.3) is 0 Å². The van der Waals surface area contributed by atoms with Gasteiger partial charge in [-0.05, 0) is 70.8 Å². The number of hydrogen-bond acceptors (Lipinski definition) is 7. The first-order chi connectivity index (χ1) is 21.1. The van der Waals surface area contributed by atoms with Gasteiger partial charge >= 0.3 is 0 Å². The highest BCUT2D eigenvalue weighted by molar-refractivity contribution is 5.88. The molecule has 1 unspecified atom stereocenters. The van der Waals surface area contributed by atoms with Crippen molar-refractivity contribution in [2.45, 2.75) is 6.10 Å². The summed E-state index contributed by atoms with van der Waals surface area (Å²) in [4.78, 5) is 4.53. The summed E-state index contributed by atoms with van der Waals surface area (Å²) in [5.41, 5.74) is 8.51. The van der Waals surface area contributed by atoms with Crippen LogP contribution in [0, 0.1) is 5.41 Å². The Labute approximate surface area is 247 Å². The zero-order chi connectivity index (χ0) is 28.5. The van der Waals surface area contributed by atoms with Gasteiger partial charge in [-0.15, -0.1) is 0 Å². The molecule has 3 N–H and O–H groups in total. The lowest BCUT2D eigenvalue weighted by atomic mass is 9.78. The second-order valence-corrected chi connectivity index (χ2v) is 12.2. The van der Waals surface area contributed by atoms with Crippen molar-refractivity contribution in [1.82, 2.24) is 25.3 Å². The molecule has 5 heterocycles. The van der Waals surface area contributed by atoms with E-state index in [1.807, 2.05) is 12.4 Å². The van der Waals surface area contributed by atoms with Crippen LogP contribution in [-0.2, 0) is 4.74 Å². The third-order valence-corrected chi connectivity index (χ3v) is 9.06. The van der Waals surface area contributed by atoms with E-state index in [0.717, 1.165) is 93.2 Å². The summed E-state index contributed by atoms with van der Waals surface area (Å²) in [7, 11) is 0. The maximum Gasteiger partial charge on any atom is 0.151 e. The number of β-amino-alcohol motifs (C(OH)–C–C–N with tert-alkyl or cyclic N) is 1. The van der Waals surface area contributed by atoms with Gasteiger partial charge in [0.15, 0.2) is 11.5 Å². The summed E-state index contributed by atoms with van der Waals surface area (Å²) in [5, 5.41) is 27.8. The van der Waals surface area contributed by atoms with E-state index in [0.29, 0.717) is 18.5 Å². The highest BCUT2D eigenvalue weighted by Gasteiger charge is 2.49. The maximum absolute atomic E-state index is 11.3. The molecule has 214 valence electrons. The monoisotopic (exact) mass is 570 g/mol. The van der Waals surface area contributed by atoms with Gasteiger partial charge in [0.1, 0.15) is 0 Å². The number of nitrogens with one attached hydrogen (secondary N) is 2. The lowest BCUT2D eigenvalue weighted by Crippen LogP contribution is -2.67. The van der Waals surface area contributed by atoms with Crippen LogP contribution in [-0.4, -0.2) is 75.9 Å². The van der Waals surface area contributed by atoms with Gasteiger partial charge in [0.2, 0.25) is 0 Å². The highest BCUT2D eigenvalue weighted by Crippen LogP contribution is 2.49. The zero-order valence-electron chi connectivity index (χ0n) is 23.5. The number of ether oxygens (including phenoxy) is 2. The number of H-pyrrole nitrogens is 2. The molecule has 0 amide bonds. The van der Waals surface area contributed by atoms with Crippen molar-refractivity contribution in [3.8, 4) is 33.8 Å². The average Bonchev–Trinajstić information content (AvgIpc) is 3.66. The number of aliphatic hydroxyl groups is 1. The predicted octanol–water partition coefficient (Wildman–Crippen LogP) is 5.71. The summed E-state index contributed by atoms with van der Waals surface area (Å²) >= 11 is 0. The average molecular weight is 571 g/mol. The van der Waals surface area contributed by atoms with Crippen molar-refractivity contribution in [2.24, 2.45) is 5.41 Å². The first kappa shape index (κ1) is 24.9. The minimum absolute atomic E-state index is 0.323. The number of hydrogen-bond donors (Lipinski definition) is 3. The minimum atomic E-state index is -0.525. The second-order valence-electron chi connectivity index (χ2n) is 12.2. The second kappa shape index (κ2) is 9.40. The maximum atomic E-state index is 11.3. The molecule has 3 aliphatic rings. The Balaban J connectivity index is 1.07. The highest BCUT2D eigenvalue weighted by atomic mass is 16.5. The van der Waals surface area contributed by atoms with E-state index in [2.05, 4.69) is 103 Å². The van der Waals surface area contributed by atoms with Crippen LogP contribution in [0.5, 0.6) is 11.5 Å². The van der Waals surface area contributed by atoms with E-state index in [-0.39, 0.29) is 0 Å². The normalized spacial score (nSPS) is 17.7. The van der Waals surface area contributed by atoms with Gasteiger partial charge in [-0.2, -0.15) is 10.2 Å². The minimum Gasteiger partial charge on any atom is -0.453 e. The molecule has 9 rings (SSSR count). The van der Waals surface area contributed by atoms with Crippen molar-refractivity contribution in [3.05, 3.63) is 85.2 Å². The van der Waals surface area contributed by atoms with Crippen molar-refractivity contribution < 1.29 is 14.6 Å². The number of aromatic nitrogens is 4. The Morgan fingerprint density at radius 3 is 1.79 bits per heavy atom. The third kappa shape index (κ3) is 4.19. The SMILES string of the molecule is OC(CN1CC2(COC2)C1)CN1c2ccc(-c3ccc4[nH]ncc4c3)cc2Oc2cc(-c3ccc4[nH]ncc4c3)ccc21. The van der Waals surface area contributed by atoms with Gasteiger partial charge in [-0.25, -0.2) is 0 Å². The number of fused-ring (bicyclic) bond motifs is 4. The fourth-order valence-electron chi connectivity index (χ4n) is 6.86. The van der Waals surface area contributed by atoms with Gasteiger partial charge in [0.05, 0.1) is 60.7 Å². The van der Waals surface area contributed by atoms with Crippen LogP contribution in [0.15, 0.2) is 85.2 Å². The first-order valence-electron chi connectivity index (χ1n) is 14.7. The Morgan fingerprint density at radius 2 is 1.26 bits per heavy atom. The van der Waals surface area contributed by atoms with Crippen molar-refractivity contribution in [1.29, 1.82) is 0 Å². The molecule has 2 fully saturated rings. The number of anilines is 2. The Hall–Kier alpha value is -4.70. The van der Waals surface area contributed by atoms with E-state index in [1.54, 1.807) is 0 Å². The molecule has 2 saturated heterocycles. The Bertz CT molecular complexity index is 1880. The standard InChI is InChI=1S/C34H30N6O3/c41-27(15-39-17-34(18-39)19-42-20-34)16-40-30-7-3-23(21-1-5-28-25(9-21)13-35-37-28)11-32(30)43-33-12-24(4-8-31(33)40)22-2-6-29-26(10-22)14-36-38-29/h1-14,27,41H,15-20H2,(H,35,37)(H,36,38). The summed E-state index contributed by atoms with van der Waals surface area (Å²) < 4.78 is 12.1. The topological polar surface area (TPSA) is 103 Å². The van der Waals surface area contributed by atoms with E-state index < -0.39 is 6.10 Å². The van der Waals surface area contributed by atoms with Crippen LogP contribution < -0.4 is 9.64 Å². The number of nitrogens with zero attached hydrogens (tertiary/aromatic N) is 4. The van der Waals surface area contributed by atoms with Crippen LogP contribution in [0.2, 0.25) is 0 Å². The number of rotatable bonds is 6. The van der Waals surface area contributed by atoms with Crippen molar-refractivity contribution >= 4 is 33.2 Å². The smallest absolute Gasteiger partial charge is 0.151 e. The van der Waals surface area contributed by atoms with E-state index >= 15 is 0 Å². The molecule has 9 heteroatoms. The van der Waals surface area contributed by atoms with Gasteiger partial charge < -0.3 is 19.5 Å². The molecule has 0 radical (unpaired) electrons. The molecule has 6 aromatic rings. The molecular weight excluding hydrogens is 540 g/mol. The zero-order valence-corrected chi connectivity index (χ0v) is 23.5. The molecule has 1 atom stereocenters. The summed E-state index contributed by atoms with van der Waals surface area (Å²) in [6.45, 7) is 4.77. The Kier molecular flexibility index (Phi) is 5.44. The quantitative estimate of drug-likeness (QED) is 0.236. The lowest BCUT2D eigenvalue weighted by Gasteiger charge is -2.55. The van der Waals surface area contributed by atoms with E-state index in [4.69, 9.17) is 9.47 Å². The molecule has 2 aromatic heterocycles. The van der Waals surface area contributed by atoms with Gasteiger partial charge in [-0.3, -0.25) is 15.1 Å². The molecule has 9 nitrogen and oxygen atoms in total. The van der Waals surface area contributed by atoms with Crippen molar-refractivity contribution in [2.75, 3.05) is 44.3 Å². The number of aliphatic hydroxyl groups excluding tert-OH is 1. The largest absolute Gasteiger partial charge is 0.453 e. The molecule has 0 aliphatic carbocycles.